The first kappa shape index (κ1) is 20.0. The van der Waals surface area contributed by atoms with Crippen molar-refractivity contribution < 1.29 is 13.6 Å². The lowest BCUT2D eigenvalue weighted by Crippen LogP contribution is -2.50. The van der Waals surface area contributed by atoms with Gasteiger partial charge in [-0.2, -0.15) is 0 Å². The number of amides is 1. The van der Waals surface area contributed by atoms with Gasteiger partial charge in [0.05, 0.1) is 12.2 Å². The number of carbonyl (C=O) groups is 1. The third-order valence-corrected chi connectivity index (χ3v) is 5.16. The van der Waals surface area contributed by atoms with Crippen LogP contribution in [0.25, 0.3) is 5.69 Å². The fourth-order valence-corrected chi connectivity index (χ4v) is 3.53. The zero-order valence-electron chi connectivity index (χ0n) is 16.5. The number of carbonyl (C=O) groups excluding carboxylic acids is 1. The maximum atomic E-state index is 14.2. The molecule has 0 spiro atoms. The van der Waals surface area contributed by atoms with Crippen LogP contribution in [-0.2, 0) is 11.3 Å². The Morgan fingerprint density at radius 3 is 2.47 bits per heavy atom. The second kappa shape index (κ2) is 9.04. The zero-order valence-corrected chi connectivity index (χ0v) is 16.5. The van der Waals surface area contributed by atoms with E-state index in [1.165, 1.54) is 18.2 Å². The average Bonchev–Trinajstić information content (AvgIpc) is 3.24. The van der Waals surface area contributed by atoms with E-state index in [9.17, 15) is 13.6 Å². The molecule has 6 nitrogen and oxygen atoms in total. The van der Waals surface area contributed by atoms with Crippen molar-refractivity contribution in [2.75, 3.05) is 37.6 Å². The fourth-order valence-electron chi connectivity index (χ4n) is 3.53. The largest absolute Gasteiger partial charge is 0.351 e. The van der Waals surface area contributed by atoms with Crippen LogP contribution in [0.4, 0.5) is 14.7 Å². The van der Waals surface area contributed by atoms with Crippen molar-refractivity contribution in [3.8, 4) is 5.69 Å². The van der Waals surface area contributed by atoms with Crippen LogP contribution in [-0.4, -0.2) is 53.1 Å². The Balaban J connectivity index is 1.29. The molecule has 4 rings (SSSR count). The fraction of sp³-hybridized carbons (Fsp3) is 0.273. The molecule has 1 aromatic heterocycles. The predicted molar refractivity (Wildman–Crippen MR) is 110 cm³/mol. The summed E-state index contributed by atoms with van der Waals surface area (Å²) in [5.41, 5.74) is 1.32. The summed E-state index contributed by atoms with van der Waals surface area (Å²) in [5.74, 6) is 0.0351. The van der Waals surface area contributed by atoms with E-state index in [0.29, 0.717) is 50.9 Å². The number of halogens is 2. The first-order chi connectivity index (χ1) is 14.6. The summed E-state index contributed by atoms with van der Waals surface area (Å²) in [6.45, 7) is 3.46. The van der Waals surface area contributed by atoms with E-state index < -0.39 is 0 Å². The lowest BCUT2D eigenvalue weighted by molar-refractivity contribution is -0.122. The molecule has 1 N–H and O–H groups in total. The summed E-state index contributed by atoms with van der Waals surface area (Å²) in [4.78, 5) is 20.8. The molecule has 1 fully saturated rings. The van der Waals surface area contributed by atoms with Crippen molar-refractivity contribution in [2.45, 2.75) is 6.54 Å². The Bertz CT molecular complexity index is 997. The molecule has 0 unspecified atom stereocenters. The Hall–Kier alpha value is -3.26. The summed E-state index contributed by atoms with van der Waals surface area (Å²) in [6.07, 6.45) is 3.42. The number of hydrogen-bond acceptors (Lipinski definition) is 4. The summed E-state index contributed by atoms with van der Waals surface area (Å²) >= 11 is 0. The number of imidazole rings is 1. The number of anilines is 1. The van der Waals surface area contributed by atoms with Gasteiger partial charge in [-0.05, 0) is 29.8 Å². The number of piperazine rings is 1. The molecule has 1 saturated heterocycles. The molecule has 2 aromatic carbocycles. The van der Waals surface area contributed by atoms with Crippen LogP contribution >= 0.6 is 0 Å². The van der Waals surface area contributed by atoms with Gasteiger partial charge in [-0.15, -0.1) is 0 Å². The zero-order chi connectivity index (χ0) is 20.9. The van der Waals surface area contributed by atoms with E-state index in [4.69, 9.17) is 0 Å². The highest BCUT2D eigenvalue weighted by Crippen LogP contribution is 2.21. The highest BCUT2D eigenvalue weighted by atomic mass is 19.1. The number of para-hydroxylation sites is 1. The monoisotopic (exact) mass is 411 g/mol. The quantitative estimate of drug-likeness (QED) is 0.678. The number of nitrogens with zero attached hydrogens (tertiary/aromatic N) is 4. The molecule has 0 radical (unpaired) electrons. The van der Waals surface area contributed by atoms with Crippen LogP contribution in [0.3, 0.4) is 0 Å². The minimum absolute atomic E-state index is 0.0689. The minimum atomic E-state index is -0.298. The molecule has 156 valence electrons. The molecule has 2 heterocycles. The van der Waals surface area contributed by atoms with Crippen LogP contribution in [0, 0.1) is 11.6 Å². The van der Waals surface area contributed by atoms with Crippen LogP contribution < -0.4 is 10.2 Å². The van der Waals surface area contributed by atoms with Gasteiger partial charge in [0.1, 0.15) is 11.6 Å². The number of rotatable bonds is 6. The average molecular weight is 411 g/mol. The second-order valence-electron chi connectivity index (χ2n) is 7.22. The van der Waals surface area contributed by atoms with Crippen LogP contribution in [0.5, 0.6) is 0 Å². The topological polar surface area (TPSA) is 53.4 Å². The number of benzene rings is 2. The van der Waals surface area contributed by atoms with Gasteiger partial charge in [0.15, 0.2) is 0 Å². The molecule has 1 aliphatic heterocycles. The van der Waals surface area contributed by atoms with Gasteiger partial charge in [0.2, 0.25) is 11.9 Å². The Morgan fingerprint density at radius 2 is 1.73 bits per heavy atom. The SMILES string of the molecule is O=C(CN1CCN(c2nccn2-c2ccccc2F)CC1)NCc1ccc(F)cc1. The molecule has 1 aliphatic rings. The van der Waals surface area contributed by atoms with Crippen LogP contribution in [0.15, 0.2) is 60.9 Å². The van der Waals surface area contributed by atoms with Crippen molar-refractivity contribution in [1.82, 2.24) is 19.8 Å². The summed E-state index contributed by atoms with van der Waals surface area (Å²) in [5, 5.41) is 2.87. The molecule has 8 heteroatoms. The molecule has 0 saturated carbocycles. The van der Waals surface area contributed by atoms with E-state index >= 15 is 0 Å². The summed E-state index contributed by atoms with van der Waals surface area (Å²) < 4.78 is 28.9. The third kappa shape index (κ3) is 4.65. The lowest BCUT2D eigenvalue weighted by Gasteiger charge is -2.35. The van der Waals surface area contributed by atoms with E-state index in [-0.39, 0.29) is 17.5 Å². The maximum absolute atomic E-state index is 14.2. The summed E-state index contributed by atoms with van der Waals surface area (Å²) in [7, 11) is 0. The Morgan fingerprint density at radius 1 is 1.00 bits per heavy atom. The smallest absolute Gasteiger partial charge is 0.234 e. The maximum Gasteiger partial charge on any atom is 0.234 e. The van der Waals surface area contributed by atoms with Crippen molar-refractivity contribution in [2.24, 2.45) is 0 Å². The summed E-state index contributed by atoms with van der Waals surface area (Å²) in [6, 6.07) is 12.7. The van der Waals surface area contributed by atoms with Gasteiger partial charge in [-0.25, -0.2) is 13.8 Å². The molecule has 0 bridgehead atoms. The molecule has 3 aromatic rings. The van der Waals surface area contributed by atoms with E-state index in [1.807, 2.05) is 0 Å². The standard InChI is InChI=1S/C22H23F2N5O/c23-18-7-5-17(6-8-18)15-26-21(30)16-27-11-13-28(14-12-27)22-25-9-10-29(22)20-4-2-1-3-19(20)24/h1-10H,11-16H2,(H,26,30). The molecular formula is C22H23F2N5O. The van der Waals surface area contributed by atoms with E-state index in [1.54, 1.807) is 47.3 Å². The Kier molecular flexibility index (Phi) is 6.04. The van der Waals surface area contributed by atoms with Crippen molar-refractivity contribution in [3.05, 3.63) is 78.1 Å². The Labute approximate surface area is 173 Å². The van der Waals surface area contributed by atoms with Crippen molar-refractivity contribution >= 4 is 11.9 Å². The first-order valence-corrected chi connectivity index (χ1v) is 9.87. The third-order valence-electron chi connectivity index (χ3n) is 5.16. The second-order valence-corrected chi connectivity index (χ2v) is 7.22. The van der Waals surface area contributed by atoms with Gasteiger partial charge in [-0.1, -0.05) is 24.3 Å². The van der Waals surface area contributed by atoms with Crippen LogP contribution in [0.2, 0.25) is 0 Å². The molecule has 30 heavy (non-hydrogen) atoms. The molecule has 0 atom stereocenters. The van der Waals surface area contributed by atoms with Gasteiger partial charge < -0.3 is 10.2 Å². The number of nitrogens with one attached hydrogen (secondary N) is 1. The van der Waals surface area contributed by atoms with Gasteiger partial charge in [-0.3, -0.25) is 14.3 Å². The minimum Gasteiger partial charge on any atom is -0.351 e. The normalized spacial score (nSPS) is 14.7. The lowest BCUT2D eigenvalue weighted by atomic mass is 10.2. The first-order valence-electron chi connectivity index (χ1n) is 9.87. The number of hydrogen-bond donors (Lipinski definition) is 1. The number of aromatic nitrogens is 2. The van der Waals surface area contributed by atoms with E-state index in [0.717, 1.165) is 5.56 Å². The van der Waals surface area contributed by atoms with Gasteiger partial charge in [0.25, 0.3) is 0 Å². The van der Waals surface area contributed by atoms with Gasteiger partial charge in [0, 0.05) is 45.1 Å². The molecule has 1 amide bonds. The predicted octanol–water partition coefficient (Wildman–Crippen LogP) is 2.59. The molecule has 0 aliphatic carbocycles. The highest BCUT2D eigenvalue weighted by molar-refractivity contribution is 5.78. The van der Waals surface area contributed by atoms with E-state index in [2.05, 4.69) is 20.1 Å². The van der Waals surface area contributed by atoms with Crippen LogP contribution in [0.1, 0.15) is 5.56 Å². The highest BCUT2D eigenvalue weighted by Gasteiger charge is 2.22. The van der Waals surface area contributed by atoms with Crippen molar-refractivity contribution in [1.29, 1.82) is 0 Å². The molecular weight excluding hydrogens is 388 g/mol. The van der Waals surface area contributed by atoms with Gasteiger partial charge >= 0.3 is 0 Å². The van der Waals surface area contributed by atoms with Crippen molar-refractivity contribution in [3.63, 3.8) is 0 Å².